The summed E-state index contributed by atoms with van der Waals surface area (Å²) in [5.74, 6) is 1.51. The molecule has 1 saturated heterocycles. The largest absolute Gasteiger partial charge is 0.355 e. The molecule has 0 unspecified atom stereocenters. The molecule has 212 valence electrons. The average molecular weight is 565 g/mol. The Hall–Kier alpha value is -3.73. The molecule has 40 heavy (non-hydrogen) atoms. The molecule has 1 aliphatic rings. The number of carbonyl (C=O) groups is 1. The van der Waals surface area contributed by atoms with Crippen LogP contribution in [-0.2, 0) is 6.42 Å². The summed E-state index contributed by atoms with van der Waals surface area (Å²) >= 11 is 1.53. The van der Waals surface area contributed by atoms with E-state index >= 15 is 0 Å². The molecule has 1 N–H and O–H groups in total. The van der Waals surface area contributed by atoms with Gasteiger partial charge in [0.15, 0.2) is 16.6 Å². The summed E-state index contributed by atoms with van der Waals surface area (Å²) in [5, 5.41) is 11.0. The number of aryl methyl sites for hydroxylation is 1. The number of fused-ring (bicyclic) bond motifs is 1. The van der Waals surface area contributed by atoms with Crippen molar-refractivity contribution in [1.82, 2.24) is 29.8 Å². The summed E-state index contributed by atoms with van der Waals surface area (Å²) in [5.41, 5.74) is 3.41. The fourth-order valence-electron chi connectivity index (χ4n) is 5.15. The van der Waals surface area contributed by atoms with Crippen molar-refractivity contribution in [1.29, 1.82) is 0 Å². The first kappa shape index (κ1) is 27.8. The zero-order valence-electron chi connectivity index (χ0n) is 23.6. The van der Waals surface area contributed by atoms with Gasteiger partial charge in [-0.3, -0.25) is 0 Å². The number of imidazole rings is 1. The second-order valence-corrected chi connectivity index (χ2v) is 10.9. The van der Waals surface area contributed by atoms with Gasteiger partial charge >= 0.3 is 6.03 Å². The Bertz CT molecular complexity index is 1440. The average Bonchev–Trinajstić information content (AvgIpc) is 3.61. The fraction of sp³-hybridized carbons (Fsp3) is 0.448. The number of carbonyl (C=O) groups excluding carboxylic acids is 1. The maximum atomic E-state index is 13.4. The number of amides is 2. The third kappa shape index (κ3) is 5.74. The predicted molar refractivity (Wildman–Crippen MR) is 159 cm³/mol. The molecule has 2 amide bonds. The number of halogens is 1. The van der Waals surface area contributed by atoms with Crippen molar-refractivity contribution in [2.45, 2.75) is 52.5 Å². The highest BCUT2D eigenvalue weighted by atomic mass is 32.1. The molecule has 0 radical (unpaired) electrons. The predicted octanol–water partition coefficient (Wildman–Crippen LogP) is 5.73. The first-order chi connectivity index (χ1) is 19.4. The van der Waals surface area contributed by atoms with Crippen LogP contribution in [0.15, 0.2) is 41.8 Å². The van der Waals surface area contributed by atoms with E-state index in [9.17, 15) is 9.18 Å². The van der Waals surface area contributed by atoms with Crippen molar-refractivity contribution in [2.75, 3.05) is 43.0 Å². The van der Waals surface area contributed by atoms with E-state index in [2.05, 4.69) is 24.1 Å². The molecule has 0 saturated carbocycles. The Labute approximate surface area is 238 Å². The van der Waals surface area contributed by atoms with Crippen LogP contribution in [0.25, 0.3) is 16.9 Å². The molecule has 9 nitrogen and oxygen atoms in total. The minimum atomic E-state index is -0.263. The lowest BCUT2D eigenvalue weighted by molar-refractivity contribution is 0.194. The van der Waals surface area contributed by atoms with Crippen LogP contribution in [0.1, 0.15) is 45.7 Å². The minimum absolute atomic E-state index is 0.0327. The van der Waals surface area contributed by atoms with Crippen molar-refractivity contribution in [2.24, 2.45) is 0 Å². The molecular weight excluding hydrogens is 527 g/mol. The van der Waals surface area contributed by atoms with E-state index < -0.39 is 0 Å². The highest BCUT2D eigenvalue weighted by Gasteiger charge is 2.25. The van der Waals surface area contributed by atoms with Gasteiger partial charge in [-0.25, -0.2) is 19.2 Å². The lowest BCUT2D eigenvalue weighted by Crippen LogP contribution is -2.49. The highest BCUT2D eigenvalue weighted by Crippen LogP contribution is 2.34. The molecule has 0 atom stereocenters. The van der Waals surface area contributed by atoms with Crippen LogP contribution < -0.4 is 15.1 Å². The Morgan fingerprint density at radius 3 is 2.52 bits per heavy atom. The molecule has 5 rings (SSSR count). The quantitative estimate of drug-likeness (QED) is 0.280. The van der Waals surface area contributed by atoms with Gasteiger partial charge in [-0.2, -0.15) is 4.52 Å². The number of piperidine rings is 1. The number of nitrogens with one attached hydrogen (secondary N) is 1. The van der Waals surface area contributed by atoms with Crippen LogP contribution in [0, 0.1) is 5.82 Å². The molecule has 0 bridgehead atoms. The lowest BCUT2D eigenvalue weighted by atomic mass is 10.1. The van der Waals surface area contributed by atoms with E-state index in [0.717, 1.165) is 91.2 Å². The van der Waals surface area contributed by atoms with E-state index in [1.807, 2.05) is 45.8 Å². The molecule has 4 aromatic rings. The molecule has 0 aliphatic carbocycles. The van der Waals surface area contributed by atoms with E-state index in [4.69, 9.17) is 15.1 Å². The topological polar surface area (TPSA) is 81.9 Å². The summed E-state index contributed by atoms with van der Waals surface area (Å²) < 4.78 is 15.3. The van der Waals surface area contributed by atoms with Crippen molar-refractivity contribution < 1.29 is 9.18 Å². The second-order valence-electron chi connectivity index (χ2n) is 10.1. The van der Waals surface area contributed by atoms with Crippen molar-refractivity contribution in [3.05, 3.63) is 53.3 Å². The van der Waals surface area contributed by atoms with Crippen LogP contribution in [0.5, 0.6) is 0 Å². The van der Waals surface area contributed by atoms with Gasteiger partial charge in [0.2, 0.25) is 0 Å². The zero-order valence-corrected chi connectivity index (χ0v) is 24.4. The van der Waals surface area contributed by atoms with E-state index in [1.165, 1.54) is 23.5 Å². The summed E-state index contributed by atoms with van der Waals surface area (Å²) in [6.07, 6.45) is 3.46. The van der Waals surface area contributed by atoms with Gasteiger partial charge in [-0.15, -0.1) is 16.4 Å². The van der Waals surface area contributed by atoms with E-state index in [1.54, 1.807) is 12.1 Å². The smallest absolute Gasteiger partial charge is 0.317 e. The Kier molecular flexibility index (Phi) is 8.49. The van der Waals surface area contributed by atoms with Crippen molar-refractivity contribution in [3.63, 3.8) is 0 Å². The summed E-state index contributed by atoms with van der Waals surface area (Å²) in [7, 11) is 1.98. The third-order valence-corrected chi connectivity index (χ3v) is 8.31. The molecule has 4 heterocycles. The van der Waals surface area contributed by atoms with E-state index in [-0.39, 0.29) is 17.9 Å². The number of benzene rings is 1. The maximum Gasteiger partial charge on any atom is 0.317 e. The summed E-state index contributed by atoms with van der Waals surface area (Å²) in [6.45, 7) is 9.33. The molecule has 0 spiro atoms. The van der Waals surface area contributed by atoms with Crippen LogP contribution in [0.2, 0.25) is 0 Å². The monoisotopic (exact) mass is 564 g/mol. The number of hydrogen-bond acceptors (Lipinski definition) is 7. The maximum absolute atomic E-state index is 13.4. The molecule has 1 fully saturated rings. The number of thiazole rings is 1. The number of anilines is 3. The normalized spacial score (nSPS) is 14.1. The first-order valence-corrected chi connectivity index (χ1v) is 14.9. The van der Waals surface area contributed by atoms with Crippen molar-refractivity contribution in [3.8, 4) is 11.3 Å². The second kappa shape index (κ2) is 12.2. The molecule has 1 aromatic carbocycles. The first-order valence-electron chi connectivity index (χ1n) is 14.1. The van der Waals surface area contributed by atoms with Crippen molar-refractivity contribution >= 4 is 39.8 Å². The standard InChI is InChI=1S/C29H37FN8OS/c1-5-16-36(7-3)28(39)31-22-14-17-37(18-15-22)26-13-12-25-32-23(6-2)27(38(25)34-26)35(4)29-33-24(19-40-29)20-8-10-21(30)11-9-20/h8-13,19,22H,5-7,14-18H2,1-4H3,(H,31,39). The number of rotatable bonds is 9. The Balaban J connectivity index is 1.33. The summed E-state index contributed by atoms with van der Waals surface area (Å²) in [6, 6.07) is 10.6. The van der Waals surface area contributed by atoms with E-state index in [0.29, 0.717) is 0 Å². The van der Waals surface area contributed by atoms with Crippen LogP contribution in [0.4, 0.5) is 26.0 Å². The fourth-order valence-corrected chi connectivity index (χ4v) is 5.95. The van der Waals surface area contributed by atoms with Gasteiger partial charge in [0.25, 0.3) is 0 Å². The molecule has 1 aliphatic heterocycles. The van der Waals surface area contributed by atoms with Crippen LogP contribution in [0.3, 0.4) is 0 Å². The minimum Gasteiger partial charge on any atom is -0.355 e. The number of nitrogens with zero attached hydrogens (tertiary/aromatic N) is 7. The zero-order chi connectivity index (χ0) is 28.2. The van der Waals surface area contributed by atoms with Gasteiger partial charge in [0.1, 0.15) is 11.6 Å². The van der Waals surface area contributed by atoms with Gasteiger partial charge in [0, 0.05) is 50.2 Å². The Morgan fingerprint density at radius 1 is 1.10 bits per heavy atom. The third-order valence-electron chi connectivity index (χ3n) is 7.39. The van der Waals surface area contributed by atoms with Gasteiger partial charge in [0.05, 0.1) is 11.4 Å². The Morgan fingerprint density at radius 2 is 1.85 bits per heavy atom. The van der Waals surface area contributed by atoms with Gasteiger partial charge in [-0.1, -0.05) is 13.8 Å². The van der Waals surface area contributed by atoms with Crippen LogP contribution in [-0.4, -0.2) is 69.8 Å². The van der Waals surface area contributed by atoms with Gasteiger partial charge in [-0.05, 0) is 69.0 Å². The highest BCUT2D eigenvalue weighted by molar-refractivity contribution is 7.14. The SMILES string of the molecule is CCCN(CC)C(=O)NC1CCN(c2ccc3nc(CC)c(N(C)c4nc(-c5ccc(F)cc5)cs4)n3n2)CC1. The number of aromatic nitrogens is 4. The molecule has 3 aromatic heterocycles. The lowest BCUT2D eigenvalue weighted by Gasteiger charge is -2.34. The van der Waals surface area contributed by atoms with Crippen LogP contribution >= 0.6 is 11.3 Å². The molecular formula is C29H37FN8OS. The van der Waals surface area contributed by atoms with Gasteiger partial charge < -0.3 is 20.0 Å². The molecule has 11 heteroatoms. The number of hydrogen-bond donors (Lipinski definition) is 1. The number of urea groups is 1. The summed E-state index contributed by atoms with van der Waals surface area (Å²) in [4.78, 5) is 28.5.